The van der Waals surface area contributed by atoms with E-state index in [4.69, 9.17) is 0 Å². The maximum atomic E-state index is 13.3. The number of carboxylic acids is 1. The van der Waals surface area contributed by atoms with E-state index >= 15 is 0 Å². The van der Waals surface area contributed by atoms with Crippen LogP contribution in [0.15, 0.2) is 83.0 Å². The van der Waals surface area contributed by atoms with Crippen LogP contribution in [0, 0.1) is 5.82 Å². The number of aromatic nitrogens is 3. The number of carbonyl (C=O) groups is 1. The number of hydrogen-bond acceptors (Lipinski definition) is 5. The number of benzene rings is 3. The molecule has 0 bridgehead atoms. The van der Waals surface area contributed by atoms with Gasteiger partial charge in [0.2, 0.25) is 0 Å². The molecule has 2 aromatic heterocycles. The molecule has 166 valence electrons. The highest BCUT2D eigenvalue weighted by molar-refractivity contribution is 7.13. The summed E-state index contributed by atoms with van der Waals surface area (Å²) in [5.74, 6) is -0.976. The first kappa shape index (κ1) is 21.4. The van der Waals surface area contributed by atoms with Crippen molar-refractivity contribution in [3.8, 4) is 16.3 Å². The molecule has 1 N–H and O–H groups in total. The Morgan fingerprint density at radius 2 is 1.68 bits per heavy atom. The Morgan fingerprint density at radius 1 is 0.941 bits per heavy atom. The molecule has 0 unspecified atom stereocenters. The summed E-state index contributed by atoms with van der Waals surface area (Å²) < 4.78 is 14.6. The summed E-state index contributed by atoms with van der Waals surface area (Å²) in [5, 5.41) is 12.2. The SMILES string of the molecule is O=C(O)c1ccc(-n2c(/C=C/c3csc(-c4ccc(F)cc4)n3)nc3ccccc3c2=O)cc1. The Hall–Kier alpha value is -4.43. The van der Waals surface area contributed by atoms with E-state index < -0.39 is 5.97 Å². The zero-order chi connectivity index (χ0) is 23.7. The van der Waals surface area contributed by atoms with E-state index in [-0.39, 0.29) is 16.9 Å². The van der Waals surface area contributed by atoms with Gasteiger partial charge in [-0.3, -0.25) is 9.36 Å². The summed E-state index contributed by atoms with van der Waals surface area (Å²) in [7, 11) is 0. The maximum Gasteiger partial charge on any atom is 0.335 e. The third kappa shape index (κ3) is 4.14. The number of halogens is 1. The van der Waals surface area contributed by atoms with Crippen molar-refractivity contribution >= 4 is 40.4 Å². The zero-order valence-electron chi connectivity index (χ0n) is 17.6. The largest absolute Gasteiger partial charge is 0.478 e. The topological polar surface area (TPSA) is 85.1 Å². The fraction of sp³-hybridized carbons (Fsp3) is 0. The minimum absolute atomic E-state index is 0.124. The van der Waals surface area contributed by atoms with E-state index in [9.17, 15) is 19.1 Å². The van der Waals surface area contributed by atoms with Crippen molar-refractivity contribution in [2.75, 3.05) is 0 Å². The average Bonchev–Trinajstić information content (AvgIpc) is 3.32. The van der Waals surface area contributed by atoms with Crippen molar-refractivity contribution in [1.29, 1.82) is 0 Å². The van der Waals surface area contributed by atoms with Crippen LogP contribution in [-0.2, 0) is 0 Å². The fourth-order valence-corrected chi connectivity index (χ4v) is 4.31. The predicted octanol–water partition coefficient (Wildman–Crippen LogP) is 5.52. The van der Waals surface area contributed by atoms with Crippen molar-refractivity contribution in [1.82, 2.24) is 14.5 Å². The summed E-state index contributed by atoms with van der Waals surface area (Å²) >= 11 is 1.42. The zero-order valence-corrected chi connectivity index (χ0v) is 18.4. The van der Waals surface area contributed by atoms with E-state index in [0.717, 1.165) is 10.6 Å². The summed E-state index contributed by atoms with van der Waals surface area (Å²) in [4.78, 5) is 33.8. The molecule has 0 spiro atoms. The first-order chi connectivity index (χ1) is 16.5. The lowest BCUT2D eigenvalue weighted by atomic mass is 10.2. The van der Waals surface area contributed by atoms with E-state index in [1.165, 1.54) is 40.2 Å². The summed E-state index contributed by atoms with van der Waals surface area (Å²) in [6, 6.07) is 19.2. The molecule has 0 amide bonds. The van der Waals surface area contributed by atoms with E-state index in [2.05, 4.69) is 9.97 Å². The van der Waals surface area contributed by atoms with Gasteiger partial charge >= 0.3 is 5.97 Å². The highest BCUT2D eigenvalue weighted by Crippen LogP contribution is 2.25. The van der Waals surface area contributed by atoms with Crippen LogP contribution in [0.3, 0.4) is 0 Å². The molecule has 0 aliphatic carbocycles. The van der Waals surface area contributed by atoms with Crippen LogP contribution in [0.5, 0.6) is 0 Å². The van der Waals surface area contributed by atoms with Crippen LogP contribution < -0.4 is 5.56 Å². The molecule has 6 nitrogen and oxygen atoms in total. The van der Waals surface area contributed by atoms with Crippen molar-refractivity contribution in [3.63, 3.8) is 0 Å². The van der Waals surface area contributed by atoms with Crippen LogP contribution in [0.2, 0.25) is 0 Å². The minimum Gasteiger partial charge on any atom is -0.478 e. The smallest absolute Gasteiger partial charge is 0.335 e. The minimum atomic E-state index is -1.05. The van der Waals surface area contributed by atoms with Gasteiger partial charge in [-0.1, -0.05) is 12.1 Å². The highest BCUT2D eigenvalue weighted by Gasteiger charge is 2.12. The number of aromatic carboxylic acids is 1. The molecular weight excluding hydrogens is 453 g/mol. The molecule has 0 radical (unpaired) electrons. The van der Waals surface area contributed by atoms with Gasteiger partial charge in [-0.25, -0.2) is 19.2 Å². The van der Waals surface area contributed by atoms with Gasteiger partial charge < -0.3 is 5.11 Å². The van der Waals surface area contributed by atoms with Gasteiger partial charge in [-0.15, -0.1) is 11.3 Å². The van der Waals surface area contributed by atoms with Crippen LogP contribution >= 0.6 is 11.3 Å². The van der Waals surface area contributed by atoms with Crippen LogP contribution in [0.4, 0.5) is 4.39 Å². The lowest BCUT2D eigenvalue weighted by Crippen LogP contribution is -2.22. The Morgan fingerprint density at radius 3 is 2.41 bits per heavy atom. The quantitative estimate of drug-likeness (QED) is 0.367. The van der Waals surface area contributed by atoms with Crippen molar-refractivity contribution in [2.24, 2.45) is 0 Å². The van der Waals surface area contributed by atoms with Gasteiger partial charge in [0.25, 0.3) is 5.56 Å². The van der Waals surface area contributed by atoms with E-state index in [0.29, 0.717) is 28.1 Å². The van der Waals surface area contributed by atoms with Gasteiger partial charge in [0.15, 0.2) is 0 Å². The van der Waals surface area contributed by atoms with Crippen LogP contribution in [0.1, 0.15) is 21.9 Å². The van der Waals surface area contributed by atoms with Crippen LogP contribution in [-0.4, -0.2) is 25.6 Å². The Bertz CT molecular complexity index is 1600. The van der Waals surface area contributed by atoms with Gasteiger partial charge in [0.05, 0.1) is 27.8 Å². The molecule has 5 rings (SSSR count). The van der Waals surface area contributed by atoms with Crippen LogP contribution in [0.25, 0.3) is 39.3 Å². The molecule has 0 saturated carbocycles. The second kappa shape index (κ2) is 8.84. The Kier molecular flexibility index (Phi) is 5.57. The summed E-state index contributed by atoms with van der Waals surface area (Å²) in [6.45, 7) is 0. The third-order valence-corrected chi connectivity index (χ3v) is 6.10. The molecule has 34 heavy (non-hydrogen) atoms. The molecule has 0 aliphatic rings. The number of para-hydroxylation sites is 1. The van der Waals surface area contributed by atoms with Gasteiger partial charge in [0.1, 0.15) is 16.6 Å². The lowest BCUT2D eigenvalue weighted by molar-refractivity contribution is 0.0697. The molecule has 0 saturated heterocycles. The summed E-state index contributed by atoms with van der Waals surface area (Å²) in [6.07, 6.45) is 3.45. The normalized spacial score (nSPS) is 11.3. The molecule has 5 aromatic rings. The van der Waals surface area contributed by atoms with E-state index in [1.54, 1.807) is 54.6 Å². The number of hydrogen-bond donors (Lipinski definition) is 1. The van der Waals surface area contributed by atoms with E-state index in [1.807, 2.05) is 11.4 Å². The first-order valence-corrected chi connectivity index (χ1v) is 11.1. The van der Waals surface area contributed by atoms with Gasteiger partial charge in [0, 0.05) is 10.9 Å². The van der Waals surface area contributed by atoms with Gasteiger partial charge in [-0.2, -0.15) is 0 Å². The Balaban J connectivity index is 1.58. The maximum absolute atomic E-state index is 13.3. The molecular formula is C26H16FN3O3S. The Labute approximate surface area is 196 Å². The molecule has 0 fully saturated rings. The second-order valence-corrected chi connectivity index (χ2v) is 8.26. The second-order valence-electron chi connectivity index (χ2n) is 7.40. The number of carboxylic acid groups (broad SMARTS) is 1. The fourth-order valence-electron chi connectivity index (χ4n) is 3.51. The summed E-state index contributed by atoms with van der Waals surface area (Å²) in [5.41, 5.74) is 2.39. The van der Waals surface area contributed by atoms with Crippen molar-refractivity contribution in [3.05, 3.63) is 111 Å². The van der Waals surface area contributed by atoms with Crippen molar-refractivity contribution < 1.29 is 14.3 Å². The molecule has 0 aliphatic heterocycles. The molecule has 8 heteroatoms. The number of thiazole rings is 1. The number of fused-ring (bicyclic) bond motifs is 1. The highest BCUT2D eigenvalue weighted by atomic mass is 32.1. The average molecular weight is 469 g/mol. The number of nitrogens with zero attached hydrogens (tertiary/aromatic N) is 3. The monoisotopic (exact) mass is 469 g/mol. The third-order valence-electron chi connectivity index (χ3n) is 5.19. The number of rotatable bonds is 5. The molecule has 0 atom stereocenters. The van der Waals surface area contributed by atoms with Crippen molar-refractivity contribution in [2.45, 2.75) is 0 Å². The molecule has 2 heterocycles. The predicted molar refractivity (Wildman–Crippen MR) is 131 cm³/mol. The standard InChI is InChI=1S/C26H16FN3O3S/c27-18-9-5-16(6-10-18)24-28-19(15-34-24)11-14-23-29-22-4-2-1-3-21(22)25(31)30(23)20-12-7-17(8-13-20)26(32)33/h1-15H,(H,32,33)/b14-11+. The van der Waals surface area contributed by atoms with Gasteiger partial charge in [-0.05, 0) is 72.8 Å². The lowest BCUT2D eigenvalue weighted by Gasteiger charge is -2.11. The molecule has 3 aromatic carbocycles. The first-order valence-electron chi connectivity index (χ1n) is 10.2.